The molecule has 0 aromatic heterocycles. The Balaban J connectivity index is -0.0000000667. The Bertz CT molecular complexity index is 101. The van der Waals surface area contributed by atoms with Crippen LogP contribution in [0.2, 0.25) is 0 Å². The molecule has 0 saturated heterocycles. The summed E-state index contributed by atoms with van der Waals surface area (Å²) < 4.78 is 0. The second kappa shape index (κ2) is 16.3. The molecule has 0 bridgehead atoms. The SMILES string of the molecule is C[P+](C)(C)C.OB(O)O.OB(O)O.OB(O)O. The third kappa shape index (κ3) is 47200. The number of hydrogen-bond acceptors (Lipinski definition) is 9. The van der Waals surface area contributed by atoms with E-state index in [1.54, 1.807) is 0 Å². The van der Waals surface area contributed by atoms with E-state index in [2.05, 4.69) is 26.7 Å². The fourth-order valence-corrected chi connectivity index (χ4v) is 0. The Morgan fingerprint density at radius 2 is 0.471 bits per heavy atom. The Hall–Kier alpha value is 0.265. The van der Waals surface area contributed by atoms with Crippen LogP contribution < -0.4 is 0 Å². The van der Waals surface area contributed by atoms with Crippen molar-refractivity contribution in [1.82, 2.24) is 0 Å². The van der Waals surface area contributed by atoms with Gasteiger partial charge in [0.05, 0.1) is 0 Å². The first-order valence-electron chi connectivity index (χ1n) is 4.11. The van der Waals surface area contributed by atoms with E-state index in [0.717, 1.165) is 0 Å². The van der Waals surface area contributed by atoms with Crippen molar-refractivity contribution in [2.24, 2.45) is 0 Å². The van der Waals surface area contributed by atoms with Crippen molar-refractivity contribution in [3.8, 4) is 0 Å². The Morgan fingerprint density at radius 3 is 0.471 bits per heavy atom. The third-order valence-electron chi connectivity index (χ3n) is 0. The van der Waals surface area contributed by atoms with Crippen LogP contribution in [0.3, 0.4) is 0 Å². The van der Waals surface area contributed by atoms with Crippen LogP contribution in [0.4, 0.5) is 0 Å². The van der Waals surface area contributed by atoms with Gasteiger partial charge in [0.25, 0.3) is 0 Å². The predicted octanol–water partition coefficient (Wildman–Crippen LogP) is -4.63. The second-order valence-electron chi connectivity index (χ2n) is 3.72. The molecule has 0 spiro atoms. The minimum absolute atomic E-state index is 0.389. The maximum Gasteiger partial charge on any atom is 0.631 e. The molecule has 13 heteroatoms. The fraction of sp³-hybridized carbons (Fsp3) is 1.00. The molecule has 0 radical (unpaired) electrons. The average molecular weight is 277 g/mol. The molecule has 0 aromatic carbocycles. The highest BCUT2D eigenvalue weighted by atomic mass is 31.2. The monoisotopic (exact) mass is 277 g/mol. The lowest BCUT2D eigenvalue weighted by Crippen LogP contribution is -2.07. The quantitative estimate of drug-likeness (QED) is 0.155. The molecule has 0 aliphatic heterocycles. The van der Waals surface area contributed by atoms with Gasteiger partial charge in [0.15, 0.2) is 0 Å². The Morgan fingerprint density at radius 1 is 0.471 bits per heavy atom. The van der Waals surface area contributed by atoms with Crippen LogP contribution >= 0.6 is 7.26 Å². The summed E-state index contributed by atoms with van der Waals surface area (Å²) in [6, 6.07) is 0. The van der Waals surface area contributed by atoms with E-state index in [1.165, 1.54) is 0 Å². The van der Waals surface area contributed by atoms with Crippen LogP contribution in [0.5, 0.6) is 0 Å². The molecule has 0 aromatic rings. The first-order chi connectivity index (χ1) is 7.20. The first-order valence-corrected chi connectivity index (χ1v) is 7.69. The van der Waals surface area contributed by atoms with Crippen LogP contribution in [0.25, 0.3) is 0 Å². The molecule has 0 rings (SSSR count). The minimum Gasteiger partial charge on any atom is -0.402 e. The fourth-order valence-electron chi connectivity index (χ4n) is 0. The molecular weight excluding hydrogens is 255 g/mol. The topological polar surface area (TPSA) is 182 Å². The summed E-state index contributed by atoms with van der Waals surface area (Å²) in [5, 5.41) is 64.5. The highest BCUT2D eigenvalue weighted by Gasteiger charge is 2.03. The summed E-state index contributed by atoms with van der Waals surface area (Å²) >= 11 is 0. The van der Waals surface area contributed by atoms with Crippen LogP contribution in [0.15, 0.2) is 0 Å². The summed E-state index contributed by atoms with van der Waals surface area (Å²) in [5.74, 6) is 0. The molecule has 0 amide bonds. The van der Waals surface area contributed by atoms with E-state index < -0.39 is 22.0 Å². The van der Waals surface area contributed by atoms with E-state index in [4.69, 9.17) is 45.2 Å². The van der Waals surface area contributed by atoms with E-state index in [0.29, 0.717) is 0 Å². The van der Waals surface area contributed by atoms with Crippen molar-refractivity contribution in [3.63, 3.8) is 0 Å². The zero-order chi connectivity index (χ0) is 15.2. The minimum atomic E-state index is -2.17. The summed E-state index contributed by atoms with van der Waals surface area (Å²) in [4.78, 5) is 0. The highest BCUT2D eigenvalue weighted by Crippen LogP contribution is 2.40. The summed E-state index contributed by atoms with van der Waals surface area (Å²) in [6.07, 6.45) is 0. The standard InChI is InChI=1S/C4H12P.3BH3O3/c1-5(2,3)4;3*2-1(3)4/h1-4H3;3*2-4H/q+1;;;. The lowest BCUT2D eigenvalue weighted by Gasteiger charge is -1.97. The molecule has 9 N–H and O–H groups in total. The van der Waals surface area contributed by atoms with Gasteiger partial charge < -0.3 is 45.2 Å². The van der Waals surface area contributed by atoms with Gasteiger partial charge in [-0.05, 0) is 0 Å². The van der Waals surface area contributed by atoms with Gasteiger partial charge in [-0.1, -0.05) is 0 Å². The summed E-state index contributed by atoms with van der Waals surface area (Å²) in [6.45, 7) is 9.19. The van der Waals surface area contributed by atoms with Crippen molar-refractivity contribution in [2.45, 2.75) is 0 Å². The van der Waals surface area contributed by atoms with Crippen molar-refractivity contribution in [2.75, 3.05) is 26.7 Å². The molecule has 0 unspecified atom stereocenters. The van der Waals surface area contributed by atoms with Gasteiger partial charge >= 0.3 is 22.0 Å². The van der Waals surface area contributed by atoms with Gasteiger partial charge in [-0.2, -0.15) is 0 Å². The summed E-state index contributed by atoms with van der Waals surface area (Å²) in [7, 11) is -6.89. The lowest BCUT2D eigenvalue weighted by molar-refractivity contribution is 0.276. The van der Waals surface area contributed by atoms with Gasteiger partial charge in [-0.3, -0.25) is 0 Å². The third-order valence-corrected chi connectivity index (χ3v) is 0. The van der Waals surface area contributed by atoms with Gasteiger partial charge in [-0.15, -0.1) is 0 Å². The van der Waals surface area contributed by atoms with E-state index in [9.17, 15) is 0 Å². The van der Waals surface area contributed by atoms with Crippen molar-refractivity contribution in [1.29, 1.82) is 0 Å². The number of rotatable bonds is 0. The zero-order valence-electron chi connectivity index (χ0n) is 10.2. The van der Waals surface area contributed by atoms with Gasteiger partial charge in [0.1, 0.15) is 0 Å². The zero-order valence-corrected chi connectivity index (χ0v) is 11.1. The molecule has 0 heterocycles. The normalized spacial score (nSPS) is 8.29. The molecule has 0 saturated carbocycles. The van der Waals surface area contributed by atoms with Gasteiger partial charge in [0, 0.05) is 33.9 Å². The van der Waals surface area contributed by atoms with E-state index >= 15 is 0 Å². The van der Waals surface area contributed by atoms with Crippen LogP contribution in [0.1, 0.15) is 0 Å². The summed E-state index contributed by atoms with van der Waals surface area (Å²) in [5.41, 5.74) is 0. The maximum atomic E-state index is 7.17. The average Bonchev–Trinajstić information content (AvgIpc) is 1.73. The van der Waals surface area contributed by atoms with Crippen LogP contribution in [-0.2, 0) is 0 Å². The van der Waals surface area contributed by atoms with E-state index in [1.807, 2.05) is 0 Å². The molecule has 0 aliphatic rings. The van der Waals surface area contributed by atoms with Gasteiger partial charge in [0.2, 0.25) is 0 Å². The van der Waals surface area contributed by atoms with Crippen molar-refractivity contribution < 1.29 is 45.2 Å². The highest BCUT2D eigenvalue weighted by molar-refractivity contribution is 7.73. The molecular formula is C4H21B3O9P+. The molecule has 0 fully saturated rings. The van der Waals surface area contributed by atoms with Crippen LogP contribution in [-0.4, -0.2) is 93.8 Å². The molecule has 9 nitrogen and oxygen atoms in total. The first kappa shape index (κ1) is 26.0. The number of hydrogen-bond donors (Lipinski definition) is 9. The maximum absolute atomic E-state index is 7.17. The van der Waals surface area contributed by atoms with Crippen LogP contribution in [0, 0.1) is 0 Å². The molecule has 0 aliphatic carbocycles. The smallest absolute Gasteiger partial charge is 0.402 e. The Kier molecular flexibility index (Phi) is 24.8. The Labute approximate surface area is 102 Å². The van der Waals surface area contributed by atoms with E-state index in [-0.39, 0.29) is 7.26 Å². The lowest BCUT2D eigenvalue weighted by atomic mass is 10.3. The second-order valence-corrected chi connectivity index (χ2v) is 9.09. The molecule has 104 valence electrons. The predicted molar refractivity (Wildman–Crippen MR) is 67.8 cm³/mol. The van der Waals surface area contributed by atoms with Crippen molar-refractivity contribution >= 4 is 29.2 Å². The molecule has 17 heavy (non-hydrogen) atoms. The molecule has 0 atom stereocenters. The van der Waals surface area contributed by atoms with Crippen molar-refractivity contribution in [3.05, 3.63) is 0 Å². The van der Waals surface area contributed by atoms with Gasteiger partial charge in [-0.25, -0.2) is 0 Å². The largest absolute Gasteiger partial charge is 0.631 e.